The number of carboxylic acids is 1. The number of allylic oxidation sites excluding steroid dienone is 1. The van der Waals surface area contributed by atoms with Gasteiger partial charge in [0.15, 0.2) is 13.1 Å². The quantitative estimate of drug-likeness (QED) is 0.136. The number of ether oxygens (including phenoxy) is 2. The lowest BCUT2D eigenvalue weighted by Gasteiger charge is -2.31. The summed E-state index contributed by atoms with van der Waals surface area (Å²) < 4.78 is 86.8. The van der Waals surface area contributed by atoms with Crippen molar-refractivity contribution in [3.05, 3.63) is 70.4 Å². The van der Waals surface area contributed by atoms with Crippen LogP contribution in [0.25, 0.3) is 17.4 Å². The van der Waals surface area contributed by atoms with Gasteiger partial charge in [-0.05, 0) is 73.1 Å². The molecule has 0 amide bonds. The maximum Gasteiger partial charge on any atom is 0.303 e. The van der Waals surface area contributed by atoms with Crippen LogP contribution in [-0.2, 0) is 45.3 Å². The second-order valence-electron chi connectivity index (χ2n) is 14.0. The molecule has 3 aliphatic rings. The summed E-state index contributed by atoms with van der Waals surface area (Å²) in [4.78, 5) is 13.1. The van der Waals surface area contributed by atoms with E-state index in [1.54, 1.807) is 20.3 Å². The maximum absolute atomic E-state index is 12.3. The molecular formula is C36H49N2O11S2+. The first-order valence-corrected chi connectivity index (χ1v) is 19.8. The highest BCUT2D eigenvalue weighted by Crippen LogP contribution is 2.52. The smallest absolute Gasteiger partial charge is 0.303 e. The van der Waals surface area contributed by atoms with E-state index in [2.05, 4.69) is 25.3 Å². The van der Waals surface area contributed by atoms with Crippen molar-refractivity contribution in [3.8, 4) is 11.3 Å². The lowest BCUT2D eigenvalue weighted by Crippen LogP contribution is -2.35. The average molecular weight is 750 g/mol. The van der Waals surface area contributed by atoms with E-state index < -0.39 is 37.4 Å². The first-order chi connectivity index (χ1) is 23.8. The number of aliphatic carboxylic acids is 1. The van der Waals surface area contributed by atoms with Gasteiger partial charge in [-0.15, -0.1) is 0 Å². The van der Waals surface area contributed by atoms with E-state index in [4.69, 9.17) is 13.9 Å². The molecule has 1 atom stereocenters. The number of hydrogen-bond donors (Lipinski definition) is 3. The summed E-state index contributed by atoms with van der Waals surface area (Å²) in [5, 5.41) is 10.4. The maximum atomic E-state index is 12.3. The number of carbonyl (C=O) groups is 1. The summed E-state index contributed by atoms with van der Waals surface area (Å²) in [6.07, 6.45) is 2.24. The van der Waals surface area contributed by atoms with Gasteiger partial charge in [-0.3, -0.25) is 13.9 Å². The van der Waals surface area contributed by atoms with Crippen molar-refractivity contribution in [2.24, 2.45) is 0 Å². The Bertz CT molecular complexity index is 2020. The Balaban J connectivity index is 2.02. The highest BCUT2D eigenvalue weighted by atomic mass is 32.2. The van der Waals surface area contributed by atoms with Gasteiger partial charge in [-0.25, -0.2) is 4.58 Å². The van der Waals surface area contributed by atoms with Crippen LogP contribution in [0, 0.1) is 0 Å². The van der Waals surface area contributed by atoms with E-state index in [0.29, 0.717) is 54.8 Å². The highest BCUT2D eigenvalue weighted by Gasteiger charge is 2.44. The van der Waals surface area contributed by atoms with E-state index in [1.165, 1.54) is 12.1 Å². The number of carboxylic acid groups (broad SMARTS) is 1. The molecule has 1 aromatic rings. The van der Waals surface area contributed by atoms with Crippen LogP contribution in [0.1, 0.15) is 70.3 Å². The highest BCUT2D eigenvalue weighted by molar-refractivity contribution is 7.86. The largest absolute Gasteiger partial charge is 0.481 e. The third-order valence-corrected chi connectivity index (χ3v) is 10.9. The molecule has 0 fully saturated rings. The number of nitrogens with zero attached hydrogens (tertiary/aromatic N) is 2. The summed E-state index contributed by atoms with van der Waals surface area (Å²) in [7, 11) is -5.58. The zero-order valence-corrected chi connectivity index (χ0v) is 31.6. The number of anilines is 1. The van der Waals surface area contributed by atoms with Gasteiger partial charge in [0.2, 0.25) is 5.36 Å². The van der Waals surface area contributed by atoms with Crippen molar-refractivity contribution >= 4 is 38.0 Å². The Kier molecular flexibility index (Phi) is 12.6. The first-order valence-electron chi connectivity index (χ1n) is 16.7. The number of fused-ring (bicyclic) bond motifs is 2. The second kappa shape index (κ2) is 16.0. The van der Waals surface area contributed by atoms with Crippen molar-refractivity contribution in [1.29, 1.82) is 0 Å². The fourth-order valence-corrected chi connectivity index (χ4v) is 7.65. The molecule has 2 aliphatic heterocycles. The second-order valence-corrected chi connectivity index (χ2v) is 17.0. The minimum Gasteiger partial charge on any atom is -0.481 e. The molecule has 15 heteroatoms. The molecule has 3 N–H and O–H groups in total. The average Bonchev–Trinajstić information content (AvgIpc) is 3.25. The summed E-state index contributed by atoms with van der Waals surface area (Å²) >= 11 is 0. The fourth-order valence-electron chi connectivity index (χ4n) is 6.65. The van der Waals surface area contributed by atoms with Gasteiger partial charge in [0.25, 0.3) is 20.2 Å². The SMILES string of the molecule is COCC[N+](CCOC)=c1ccc2c(C(C)(C)C)cc(C=C3N(CCCS(=O)(=O)O)c4ccc(S(=O)(=O)O)cc4C3(C)CCCC(=O)O)oc-2c1. The van der Waals surface area contributed by atoms with E-state index in [1.807, 2.05) is 42.2 Å². The van der Waals surface area contributed by atoms with Gasteiger partial charge >= 0.3 is 5.97 Å². The molecule has 1 aromatic carbocycles. The van der Waals surface area contributed by atoms with Crippen molar-refractivity contribution in [2.45, 2.75) is 69.1 Å². The lowest BCUT2D eigenvalue weighted by molar-refractivity contribution is -0.137. The number of rotatable bonds is 16. The predicted octanol–water partition coefficient (Wildman–Crippen LogP) is 4.65. The van der Waals surface area contributed by atoms with Crippen LogP contribution in [-0.4, -0.2) is 89.8 Å². The van der Waals surface area contributed by atoms with Crippen molar-refractivity contribution in [3.63, 3.8) is 0 Å². The normalized spacial score (nSPS) is 17.3. The van der Waals surface area contributed by atoms with Gasteiger partial charge in [-0.1, -0.05) is 20.8 Å². The Morgan fingerprint density at radius 2 is 1.65 bits per heavy atom. The van der Waals surface area contributed by atoms with Crippen molar-refractivity contribution in [1.82, 2.24) is 4.58 Å². The molecular weight excluding hydrogens is 701 g/mol. The Hall–Kier alpha value is -3.60. The zero-order chi connectivity index (χ0) is 37.8. The first kappa shape index (κ1) is 40.2. The zero-order valence-electron chi connectivity index (χ0n) is 30.0. The van der Waals surface area contributed by atoms with Crippen LogP contribution >= 0.6 is 0 Å². The molecule has 0 aromatic heterocycles. The van der Waals surface area contributed by atoms with Crippen LogP contribution in [0.15, 0.2) is 57.5 Å². The van der Waals surface area contributed by atoms with E-state index in [0.717, 1.165) is 16.5 Å². The van der Waals surface area contributed by atoms with Gasteiger partial charge in [0, 0.05) is 61.7 Å². The van der Waals surface area contributed by atoms with E-state index in [-0.39, 0.29) is 42.5 Å². The number of methoxy groups -OCH3 is 2. The molecule has 280 valence electrons. The molecule has 0 radical (unpaired) electrons. The third-order valence-electron chi connectivity index (χ3n) is 9.21. The van der Waals surface area contributed by atoms with Gasteiger partial charge in [0.05, 0.1) is 16.7 Å². The van der Waals surface area contributed by atoms with Crippen LogP contribution in [0.4, 0.5) is 5.69 Å². The fraction of sp³-hybridized carbons (Fsp3) is 0.500. The standard InChI is InChI=1S/C36H48N2O11S2/c1-35(2,3)29-22-26(49-32-21-25(10-12-28(29)32)37(16-18-47-5)17-19-48-6)23-33-36(4,14-7-9-34(39)40)30-24-27(51(44,45)46)11-13-31(30)38(33)15-8-20-50(41,42)43/h10-13,21-24H,7-9,14-20H2,1-6H3,(H2-,39,40,41,42,43,44,45,46)/p+1. The number of benzene rings is 2. The molecule has 4 rings (SSSR count). The van der Waals surface area contributed by atoms with Gasteiger partial charge < -0.3 is 23.9 Å². The van der Waals surface area contributed by atoms with E-state index in [9.17, 15) is 35.8 Å². The molecule has 51 heavy (non-hydrogen) atoms. The topological polar surface area (TPSA) is 184 Å². The van der Waals surface area contributed by atoms with Gasteiger partial charge in [-0.2, -0.15) is 16.8 Å². The lowest BCUT2D eigenvalue weighted by atomic mass is 9.77. The molecule has 1 aliphatic carbocycles. The summed E-state index contributed by atoms with van der Waals surface area (Å²) in [6, 6.07) is 12.2. The molecule has 2 heterocycles. The Labute approximate surface area is 300 Å². The van der Waals surface area contributed by atoms with Crippen molar-refractivity contribution in [2.75, 3.05) is 57.7 Å². The van der Waals surface area contributed by atoms with Gasteiger partial charge in [0.1, 0.15) is 24.7 Å². The summed E-state index contributed by atoms with van der Waals surface area (Å²) in [5.74, 6) is -0.419. The summed E-state index contributed by atoms with van der Waals surface area (Å²) in [6.45, 7) is 10.5. The van der Waals surface area contributed by atoms with Crippen LogP contribution in [0.5, 0.6) is 0 Å². The van der Waals surface area contributed by atoms with Crippen LogP contribution < -0.4 is 14.8 Å². The molecule has 0 bridgehead atoms. The Morgan fingerprint density at radius 3 is 2.22 bits per heavy atom. The number of hydrogen-bond acceptors (Lipinski definition) is 9. The van der Waals surface area contributed by atoms with E-state index >= 15 is 0 Å². The van der Waals surface area contributed by atoms with Crippen LogP contribution in [0.3, 0.4) is 0 Å². The third kappa shape index (κ3) is 9.84. The summed E-state index contributed by atoms with van der Waals surface area (Å²) in [5.41, 5.74) is 2.30. The molecule has 0 saturated carbocycles. The molecule has 0 spiro atoms. The minimum absolute atomic E-state index is 0.0329. The molecule has 0 saturated heterocycles. The van der Waals surface area contributed by atoms with Crippen molar-refractivity contribution < 1.29 is 49.7 Å². The molecule has 1 unspecified atom stereocenters. The molecule has 13 nitrogen and oxygen atoms in total. The minimum atomic E-state index is -4.59. The predicted molar refractivity (Wildman–Crippen MR) is 194 cm³/mol. The monoisotopic (exact) mass is 749 g/mol. The van der Waals surface area contributed by atoms with Crippen LogP contribution in [0.2, 0.25) is 0 Å². The Morgan fingerprint density at radius 1 is 0.980 bits per heavy atom.